The summed E-state index contributed by atoms with van der Waals surface area (Å²) in [7, 11) is -3.07. The van der Waals surface area contributed by atoms with Crippen molar-refractivity contribution in [3.05, 3.63) is 0 Å². The molecule has 15 heavy (non-hydrogen) atoms. The largest absolute Gasteiger partial charge is 0.315 e. The lowest BCUT2D eigenvalue weighted by atomic mass is 10.2. The van der Waals surface area contributed by atoms with Gasteiger partial charge in [0.1, 0.15) is 0 Å². The molecule has 3 unspecified atom stereocenters. The molecule has 1 aliphatic carbocycles. The zero-order valence-corrected chi connectivity index (χ0v) is 10.0. The third kappa shape index (κ3) is 2.92. The minimum Gasteiger partial charge on any atom is -0.315 e. The highest BCUT2D eigenvalue weighted by molar-refractivity contribution is 7.90. The molecule has 88 valence electrons. The van der Waals surface area contributed by atoms with Crippen LogP contribution in [0, 0.1) is 11.8 Å². The van der Waals surface area contributed by atoms with Crippen molar-refractivity contribution >= 4 is 10.0 Å². The number of nitrogens with one attached hydrogen (secondary N) is 2. The van der Waals surface area contributed by atoms with Crippen LogP contribution >= 0.6 is 0 Å². The van der Waals surface area contributed by atoms with Gasteiger partial charge in [0.25, 0.3) is 0 Å². The molecule has 2 fully saturated rings. The Morgan fingerprint density at radius 3 is 2.73 bits per heavy atom. The lowest BCUT2D eigenvalue weighted by Gasteiger charge is -2.23. The lowest BCUT2D eigenvalue weighted by Crippen LogP contribution is -2.44. The van der Waals surface area contributed by atoms with E-state index < -0.39 is 10.0 Å². The van der Waals surface area contributed by atoms with Crippen molar-refractivity contribution < 1.29 is 8.42 Å². The zero-order chi connectivity index (χ0) is 10.9. The van der Waals surface area contributed by atoms with Gasteiger partial charge < -0.3 is 5.32 Å². The average molecular weight is 232 g/mol. The van der Waals surface area contributed by atoms with E-state index in [-0.39, 0.29) is 5.25 Å². The lowest BCUT2D eigenvalue weighted by molar-refractivity contribution is 0.488. The molecule has 0 amide bonds. The normalized spacial score (nSPS) is 36.5. The van der Waals surface area contributed by atoms with Gasteiger partial charge in [-0.3, -0.25) is 0 Å². The fourth-order valence-corrected chi connectivity index (χ4v) is 3.61. The Balaban J connectivity index is 1.82. The second-order valence-corrected chi connectivity index (χ2v) is 6.88. The molecule has 5 heteroatoms. The summed E-state index contributed by atoms with van der Waals surface area (Å²) in [5.41, 5.74) is 0. The third-order valence-corrected chi connectivity index (χ3v) is 5.36. The molecule has 0 aromatic heterocycles. The summed E-state index contributed by atoms with van der Waals surface area (Å²) < 4.78 is 26.5. The Morgan fingerprint density at radius 2 is 2.20 bits per heavy atom. The van der Waals surface area contributed by atoms with Crippen molar-refractivity contribution in [1.82, 2.24) is 10.0 Å². The Morgan fingerprint density at radius 1 is 1.47 bits per heavy atom. The van der Waals surface area contributed by atoms with Crippen LogP contribution in [0.5, 0.6) is 0 Å². The number of sulfonamides is 1. The number of hydrogen-bond acceptors (Lipinski definition) is 3. The second kappa shape index (κ2) is 4.39. The van der Waals surface area contributed by atoms with E-state index in [1.807, 2.05) is 0 Å². The molecule has 3 atom stereocenters. The number of hydrogen-bond donors (Lipinski definition) is 2. The molecular formula is C10H20N2O2S. The van der Waals surface area contributed by atoms with E-state index in [1.54, 1.807) is 0 Å². The standard InChI is InChI=1S/C10H20N2O2S/c1-8-5-9(8)6-12-15(13,14)10-3-2-4-11-7-10/h8-12H,2-7H2,1H3. The van der Waals surface area contributed by atoms with Crippen molar-refractivity contribution in [3.8, 4) is 0 Å². The summed E-state index contributed by atoms with van der Waals surface area (Å²) in [5, 5.41) is 2.91. The van der Waals surface area contributed by atoms with Crippen molar-refractivity contribution in [2.75, 3.05) is 19.6 Å². The summed E-state index contributed by atoms with van der Waals surface area (Å²) in [5.74, 6) is 1.29. The van der Waals surface area contributed by atoms with Crippen LogP contribution in [0.4, 0.5) is 0 Å². The van der Waals surface area contributed by atoms with Gasteiger partial charge in [0.15, 0.2) is 0 Å². The Hall–Kier alpha value is -0.130. The van der Waals surface area contributed by atoms with E-state index in [2.05, 4.69) is 17.0 Å². The molecule has 4 nitrogen and oxygen atoms in total. The number of piperidine rings is 1. The van der Waals surface area contributed by atoms with Gasteiger partial charge in [0.2, 0.25) is 10.0 Å². The first-order valence-electron chi connectivity index (χ1n) is 5.79. The highest BCUT2D eigenvalue weighted by Crippen LogP contribution is 2.36. The van der Waals surface area contributed by atoms with E-state index in [1.165, 1.54) is 6.42 Å². The predicted octanol–water partition coefficient (Wildman–Crippen LogP) is 0.314. The topological polar surface area (TPSA) is 58.2 Å². The maximum Gasteiger partial charge on any atom is 0.215 e. The molecule has 0 radical (unpaired) electrons. The molecule has 2 rings (SSSR count). The van der Waals surface area contributed by atoms with Crippen LogP contribution in [0.2, 0.25) is 0 Å². The van der Waals surface area contributed by atoms with Crippen molar-refractivity contribution in [1.29, 1.82) is 0 Å². The predicted molar refractivity (Wildman–Crippen MR) is 60.1 cm³/mol. The van der Waals surface area contributed by atoms with E-state index in [9.17, 15) is 8.42 Å². The van der Waals surface area contributed by atoms with Crippen LogP contribution in [-0.4, -0.2) is 33.3 Å². The first-order chi connectivity index (χ1) is 7.09. The van der Waals surface area contributed by atoms with Crippen molar-refractivity contribution in [3.63, 3.8) is 0 Å². The maximum atomic E-state index is 11.9. The van der Waals surface area contributed by atoms with Gasteiger partial charge in [-0.1, -0.05) is 6.92 Å². The van der Waals surface area contributed by atoms with Gasteiger partial charge >= 0.3 is 0 Å². The fraction of sp³-hybridized carbons (Fsp3) is 1.00. The molecule has 0 spiro atoms. The molecule has 0 aromatic carbocycles. The minimum atomic E-state index is -3.07. The molecular weight excluding hydrogens is 212 g/mol. The summed E-state index contributed by atoms with van der Waals surface area (Å²) >= 11 is 0. The van der Waals surface area contributed by atoms with E-state index in [0.717, 1.165) is 19.4 Å². The molecule has 1 saturated heterocycles. The van der Waals surface area contributed by atoms with Crippen LogP contribution in [0.1, 0.15) is 26.2 Å². The van der Waals surface area contributed by atoms with Gasteiger partial charge in [0.05, 0.1) is 5.25 Å². The molecule has 1 aliphatic heterocycles. The Labute approximate surface area is 91.9 Å². The average Bonchev–Trinajstić information content (AvgIpc) is 2.93. The number of rotatable bonds is 4. The zero-order valence-electron chi connectivity index (χ0n) is 9.20. The van der Waals surface area contributed by atoms with Crippen LogP contribution in [0.15, 0.2) is 0 Å². The maximum absolute atomic E-state index is 11.9. The molecule has 2 N–H and O–H groups in total. The van der Waals surface area contributed by atoms with Gasteiger partial charge in [-0.25, -0.2) is 13.1 Å². The van der Waals surface area contributed by atoms with E-state index >= 15 is 0 Å². The van der Waals surface area contributed by atoms with Crippen LogP contribution in [0.3, 0.4) is 0 Å². The van der Waals surface area contributed by atoms with Gasteiger partial charge in [-0.05, 0) is 37.6 Å². The van der Waals surface area contributed by atoms with E-state index in [4.69, 9.17) is 0 Å². The third-order valence-electron chi connectivity index (χ3n) is 3.51. The smallest absolute Gasteiger partial charge is 0.215 e. The van der Waals surface area contributed by atoms with Crippen molar-refractivity contribution in [2.24, 2.45) is 11.8 Å². The van der Waals surface area contributed by atoms with Crippen molar-refractivity contribution in [2.45, 2.75) is 31.4 Å². The minimum absolute atomic E-state index is 0.222. The highest BCUT2D eigenvalue weighted by Gasteiger charge is 2.35. The molecule has 1 heterocycles. The summed E-state index contributed by atoms with van der Waals surface area (Å²) in [4.78, 5) is 0. The monoisotopic (exact) mass is 232 g/mol. The first kappa shape index (κ1) is 11.4. The van der Waals surface area contributed by atoms with Crippen LogP contribution < -0.4 is 10.0 Å². The van der Waals surface area contributed by atoms with Gasteiger partial charge in [0, 0.05) is 13.1 Å². The summed E-state index contributed by atoms with van der Waals surface area (Å²) in [6.45, 7) is 4.36. The quantitative estimate of drug-likeness (QED) is 0.733. The first-order valence-corrected chi connectivity index (χ1v) is 7.33. The van der Waals surface area contributed by atoms with Crippen LogP contribution in [0.25, 0.3) is 0 Å². The molecule has 0 aromatic rings. The van der Waals surface area contributed by atoms with Gasteiger partial charge in [-0.2, -0.15) is 0 Å². The molecule has 0 bridgehead atoms. The van der Waals surface area contributed by atoms with Crippen LogP contribution in [-0.2, 0) is 10.0 Å². The fourth-order valence-electron chi connectivity index (χ4n) is 2.11. The summed E-state index contributed by atoms with van der Waals surface area (Å²) in [6.07, 6.45) is 2.93. The summed E-state index contributed by atoms with van der Waals surface area (Å²) in [6, 6.07) is 0. The SMILES string of the molecule is CC1CC1CNS(=O)(=O)C1CCCNC1. The molecule has 2 aliphatic rings. The second-order valence-electron chi connectivity index (χ2n) is 4.83. The van der Waals surface area contributed by atoms with E-state index in [0.29, 0.717) is 24.9 Å². The Bertz CT molecular complexity index is 309. The van der Waals surface area contributed by atoms with Gasteiger partial charge in [-0.15, -0.1) is 0 Å². The highest BCUT2D eigenvalue weighted by atomic mass is 32.2. The Kier molecular flexibility index (Phi) is 3.33. The molecule has 1 saturated carbocycles.